The van der Waals surface area contributed by atoms with Crippen LogP contribution in [0.2, 0.25) is 0 Å². The average Bonchev–Trinajstić information content (AvgIpc) is 3.05. The van der Waals surface area contributed by atoms with Gasteiger partial charge in [0, 0.05) is 18.2 Å². The third-order valence-electron chi connectivity index (χ3n) is 3.15. The maximum absolute atomic E-state index is 14.2. The summed E-state index contributed by atoms with van der Waals surface area (Å²) in [6.45, 7) is 4.23. The molecule has 1 aromatic heterocycles. The number of carbonyl (C=O) groups is 1. The Labute approximate surface area is 145 Å². The lowest BCUT2D eigenvalue weighted by Gasteiger charge is -2.14. The number of hydrogen-bond donors (Lipinski definition) is 2. The van der Waals surface area contributed by atoms with Crippen LogP contribution in [-0.2, 0) is 11.0 Å². The number of hydroxylamine groups is 1. The molecule has 142 valence electrons. The largest absolute Gasteiger partial charge is 0.471 e. The fraction of sp³-hybridized carbons (Fsp3) is 0.400. The zero-order chi connectivity index (χ0) is 19.3. The van der Waals surface area contributed by atoms with Gasteiger partial charge in [-0.15, -0.1) is 0 Å². The number of rotatable bonds is 7. The van der Waals surface area contributed by atoms with Crippen molar-refractivity contribution in [2.24, 2.45) is 0 Å². The Bertz CT molecular complexity index is 764. The van der Waals surface area contributed by atoms with Crippen LogP contribution in [0.15, 0.2) is 22.7 Å². The van der Waals surface area contributed by atoms with Gasteiger partial charge in [0.2, 0.25) is 5.82 Å². The van der Waals surface area contributed by atoms with Gasteiger partial charge in [0.05, 0.1) is 12.2 Å². The van der Waals surface area contributed by atoms with Crippen LogP contribution in [0.1, 0.15) is 30.1 Å². The second-order valence-corrected chi connectivity index (χ2v) is 5.27. The molecule has 2 rings (SSSR count). The fourth-order valence-corrected chi connectivity index (χ4v) is 1.93. The highest BCUT2D eigenvalue weighted by molar-refractivity contribution is 5.95. The number of nitrogens with one attached hydrogen (secondary N) is 2. The third-order valence-corrected chi connectivity index (χ3v) is 3.15. The zero-order valence-corrected chi connectivity index (χ0v) is 13.9. The second kappa shape index (κ2) is 8.23. The molecule has 1 amide bonds. The number of amides is 1. The first kappa shape index (κ1) is 19.8. The summed E-state index contributed by atoms with van der Waals surface area (Å²) in [5, 5.41) is 5.72. The summed E-state index contributed by atoms with van der Waals surface area (Å²) in [5.74, 6) is -3.57. The number of alkyl halides is 3. The molecule has 1 heterocycles. The molecule has 0 spiro atoms. The SMILES string of the molecule is CCONCC(C)NC(=O)c1ccc(-c2noc(C(F)(F)F)n2)cc1F. The lowest BCUT2D eigenvalue weighted by atomic mass is 10.1. The minimum absolute atomic E-state index is 0.0515. The van der Waals surface area contributed by atoms with Gasteiger partial charge < -0.3 is 14.7 Å². The molecule has 2 aromatic rings. The smallest absolute Gasteiger partial charge is 0.348 e. The molecule has 0 fully saturated rings. The van der Waals surface area contributed by atoms with Crippen LogP contribution in [0.25, 0.3) is 11.4 Å². The predicted octanol–water partition coefficient (Wildman–Crippen LogP) is 2.55. The van der Waals surface area contributed by atoms with Gasteiger partial charge in [0.25, 0.3) is 5.91 Å². The second-order valence-electron chi connectivity index (χ2n) is 5.27. The summed E-state index contributed by atoms with van der Waals surface area (Å²) in [5.41, 5.74) is 2.31. The lowest BCUT2D eigenvalue weighted by molar-refractivity contribution is -0.159. The van der Waals surface area contributed by atoms with Crippen molar-refractivity contribution in [2.45, 2.75) is 26.1 Å². The van der Waals surface area contributed by atoms with Crippen LogP contribution >= 0.6 is 0 Å². The highest BCUT2D eigenvalue weighted by Gasteiger charge is 2.38. The molecule has 0 aliphatic rings. The zero-order valence-electron chi connectivity index (χ0n) is 13.9. The number of nitrogens with zero attached hydrogens (tertiary/aromatic N) is 2. The maximum Gasteiger partial charge on any atom is 0.471 e. The molecular weight excluding hydrogens is 360 g/mol. The van der Waals surface area contributed by atoms with E-state index >= 15 is 0 Å². The van der Waals surface area contributed by atoms with Crippen LogP contribution in [0.3, 0.4) is 0 Å². The van der Waals surface area contributed by atoms with Crippen LogP contribution in [-0.4, -0.2) is 35.2 Å². The Morgan fingerprint density at radius 3 is 2.69 bits per heavy atom. The Hall–Kier alpha value is -2.53. The first-order valence-electron chi connectivity index (χ1n) is 7.58. The Morgan fingerprint density at radius 2 is 2.12 bits per heavy atom. The van der Waals surface area contributed by atoms with E-state index in [1.165, 1.54) is 6.07 Å². The van der Waals surface area contributed by atoms with Crippen LogP contribution in [0.4, 0.5) is 17.6 Å². The van der Waals surface area contributed by atoms with Crippen molar-refractivity contribution in [1.82, 2.24) is 20.9 Å². The van der Waals surface area contributed by atoms with E-state index < -0.39 is 29.6 Å². The molecule has 0 bridgehead atoms. The summed E-state index contributed by atoms with van der Waals surface area (Å²) >= 11 is 0. The van der Waals surface area contributed by atoms with Crippen molar-refractivity contribution in [1.29, 1.82) is 0 Å². The fourth-order valence-electron chi connectivity index (χ4n) is 1.93. The van der Waals surface area contributed by atoms with Crippen molar-refractivity contribution in [3.8, 4) is 11.4 Å². The van der Waals surface area contributed by atoms with Crippen molar-refractivity contribution in [2.75, 3.05) is 13.2 Å². The Morgan fingerprint density at radius 1 is 1.38 bits per heavy atom. The van der Waals surface area contributed by atoms with E-state index in [2.05, 4.69) is 25.5 Å². The van der Waals surface area contributed by atoms with Crippen molar-refractivity contribution in [3.05, 3.63) is 35.5 Å². The Kier molecular flexibility index (Phi) is 6.27. The summed E-state index contributed by atoms with van der Waals surface area (Å²) in [4.78, 5) is 20.2. The van der Waals surface area contributed by atoms with Gasteiger partial charge in [0.1, 0.15) is 5.82 Å². The number of halogens is 4. The summed E-state index contributed by atoms with van der Waals surface area (Å²) in [6.07, 6.45) is -4.80. The number of benzene rings is 1. The molecular formula is C15H16F4N4O3. The molecule has 1 atom stereocenters. The minimum Gasteiger partial charge on any atom is -0.348 e. The number of carbonyl (C=O) groups excluding carboxylic acids is 1. The number of hydrogen-bond acceptors (Lipinski definition) is 6. The quantitative estimate of drug-likeness (QED) is 0.439. The van der Waals surface area contributed by atoms with Crippen molar-refractivity contribution in [3.63, 3.8) is 0 Å². The lowest BCUT2D eigenvalue weighted by Crippen LogP contribution is -2.40. The molecule has 1 aromatic carbocycles. The van der Waals surface area contributed by atoms with Crippen LogP contribution in [0, 0.1) is 5.82 Å². The van der Waals surface area contributed by atoms with Gasteiger partial charge in [-0.1, -0.05) is 11.2 Å². The first-order chi connectivity index (χ1) is 12.2. The highest BCUT2D eigenvalue weighted by atomic mass is 19.4. The average molecular weight is 376 g/mol. The van der Waals surface area contributed by atoms with Gasteiger partial charge >= 0.3 is 12.1 Å². The van der Waals surface area contributed by atoms with E-state index in [9.17, 15) is 22.4 Å². The molecule has 0 saturated heterocycles. The van der Waals surface area contributed by atoms with E-state index in [1.54, 1.807) is 13.8 Å². The molecule has 11 heteroatoms. The maximum atomic E-state index is 14.2. The standard InChI is InChI=1S/C15H16F4N4O3/c1-3-25-20-7-8(2)21-13(24)10-5-4-9(6-11(10)16)12-22-14(26-23-12)15(17,18)19/h4-6,8,20H,3,7H2,1-2H3,(H,21,24). The van der Waals surface area contributed by atoms with E-state index in [0.717, 1.165) is 12.1 Å². The van der Waals surface area contributed by atoms with Crippen LogP contribution < -0.4 is 10.8 Å². The predicted molar refractivity (Wildman–Crippen MR) is 81.3 cm³/mol. The van der Waals surface area contributed by atoms with E-state index in [0.29, 0.717) is 13.2 Å². The van der Waals surface area contributed by atoms with E-state index in [1.807, 2.05) is 0 Å². The van der Waals surface area contributed by atoms with Crippen molar-refractivity contribution >= 4 is 5.91 Å². The number of aromatic nitrogens is 2. The summed E-state index contributed by atoms with van der Waals surface area (Å²) < 4.78 is 55.7. The van der Waals surface area contributed by atoms with Gasteiger partial charge in [-0.2, -0.15) is 18.2 Å². The minimum atomic E-state index is -4.80. The molecule has 0 radical (unpaired) electrons. The summed E-state index contributed by atoms with van der Waals surface area (Å²) in [7, 11) is 0. The van der Waals surface area contributed by atoms with Gasteiger partial charge in [0.15, 0.2) is 0 Å². The normalized spacial score (nSPS) is 12.8. The molecule has 7 nitrogen and oxygen atoms in total. The van der Waals surface area contributed by atoms with Gasteiger partial charge in [-0.25, -0.2) is 9.87 Å². The molecule has 0 aliphatic carbocycles. The Balaban J connectivity index is 2.09. The third kappa shape index (κ3) is 4.99. The topological polar surface area (TPSA) is 89.3 Å². The summed E-state index contributed by atoms with van der Waals surface area (Å²) in [6, 6.07) is 2.88. The monoisotopic (exact) mass is 376 g/mol. The molecule has 0 saturated carbocycles. The van der Waals surface area contributed by atoms with Crippen molar-refractivity contribution < 1.29 is 31.7 Å². The highest BCUT2D eigenvalue weighted by Crippen LogP contribution is 2.29. The van der Waals surface area contributed by atoms with E-state index in [-0.39, 0.29) is 17.2 Å². The van der Waals surface area contributed by atoms with E-state index in [4.69, 9.17) is 4.84 Å². The van der Waals surface area contributed by atoms with Gasteiger partial charge in [-0.05, 0) is 26.0 Å². The first-order valence-corrected chi connectivity index (χ1v) is 7.58. The molecule has 1 unspecified atom stereocenters. The molecule has 26 heavy (non-hydrogen) atoms. The molecule has 0 aliphatic heterocycles. The molecule has 2 N–H and O–H groups in total. The van der Waals surface area contributed by atoms with Crippen LogP contribution in [0.5, 0.6) is 0 Å². The van der Waals surface area contributed by atoms with Gasteiger partial charge in [-0.3, -0.25) is 4.79 Å².